The van der Waals surface area contributed by atoms with Gasteiger partial charge in [-0.1, -0.05) is 36.4 Å². The van der Waals surface area contributed by atoms with Gasteiger partial charge in [0, 0.05) is 62.1 Å². The van der Waals surface area contributed by atoms with Gasteiger partial charge in [-0.15, -0.1) is 0 Å². The molecule has 2 aromatic rings. The van der Waals surface area contributed by atoms with Crippen molar-refractivity contribution < 1.29 is 17.9 Å². The van der Waals surface area contributed by atoms with Crippen LogP contribution < -0.4 is 0 Å². The van der Waals surface area contributed by atoms with Crippen molar-refractivity contribution in [3.8, 4) is 11.3 Å². The predicted octanol–water partition coefficient (Wildman–Crippen LogP) is 7.33. The van der Waals surface area contributed by atoms with Crippen LogP contribution in [-0.2, 0) is 10.9 Å². The molecule has 0 radical (unpaired) electrons. The minimum Gasteiger partial charge on any atom is -0.381 e. The van der Waals surface area contributed by atoms with Crippen LogP contribution in [0.15, 0.2) is 70.8 Å². The molecule has 1 aliphatic heterocycles. The molecule has 1 aromatic carbocycles. The van der Waals surface area contributed by atoms with E-state index in [-0.39, 0.29) is 17.2 Å². The molecule has 1 aliphatic rings. The van der Waals surface area contributed by atoms with Gasteiger partial charge in [-0.2, -0.15) is 13.2 Å². The van der Waals surface area contributed by atoms with Gasteiger partial charge < -0.3 is 4.74 Å². The molecule has 0 N–H and O–H groups in total. The van der Waals surface area contributed by atoms with Gasteiger partial charge in [0.05, 0.1) is 11.3 Å². The van der Waals surface area contributed by atoms with E-state index in [0.717, 1.165) is 35.6 Å². The van der Waals surface area contributed by atoms with Crippen LogP contribution >= 0.6 is 0 Å². The Labute approximate surface area is 211 Å². The first kappa shape index (κ1) is 27.3. The molecule has 0 bridgehead atoms. The number of halogens is 3. The Bertz CT molecular complexity index is 1190. The summed E-state index contributed by atoms with van der Waals surface area (Å²) in [6.07, 6.45) is 5.11. The molecule has 2 heterocycles. The number of ether oxygens (including phenoxy) is 1. The molecule has 0 spiro atoms. The summed E-state index contributed by atoms with van der Waals surface area (Å²) in [5.74, 6) is 0.167. The molecule has 3 rings (SSSR count). The van der Waals surface area contributed by atoms with E-state index >= 15 is 0 Å². The minimum absolute atomic E-state index is 0.0227. The highest BCUT2D eigenvalue weighted by atomic mass is 19.4. The number of hydrogen-bond donors (Lipinski definition) is 0. The summed E-state index contributed by atoms with van der Waals surface area (Å²) in [6, 6.07) is 8.41. The highest BCUT2D eigenvalue weighted by Gasteiger charge is 2.35. The van der Waals surface area contributed by atoms with Gasteiger partial charge in [-0.25, -0.2) is 0 Å². The summed E-state index contributed by atoms with van der Waals surface area (Å²) in [5.41, 5.74) is 2.90. The third-order valence-electron chi connectivity index (χ3n) is 6.09. The monoisotopic (exact) mass is 495 g/mol. The van der Waals surface area contributed by atoms with Crippen LogP contribution in [0.5, 0.6) is 0 Å². The van der Waals surface area contributed by atoms with E-state index in [2.05, 4.69) is 21.5 Å². The first-order valence-corrected chi connectivity index (χ1v) is 12.0. The second kappa shape index (κ2) is 12.6. The first-order chi connectivity index (χ1) is 17.3. The first-order valence-electron chi connectivity index (χ1n) is 12.0. The lowest BCUT2D eigenvalue weighted by Crippen LogP contribution is -2.17. The van der Waals surface area contributed by atoms with E-state index in [0.29, 0.717) is 30.9 Å². The van der Waals surface area contributed by atoms with Crippen molar-refractivity contribution in [2.45, 2.75) is 32.9 Å². The molecule has 1 fully saturated rings. The van der Waals surface area contributed by atoms with Crippen LogP contribution in [-0.4, -0.2) is 44.2 Å². The molecule has 1 aromatic heterocycles. The maximum Gasteiger partial charge on any atom is 0.417 e. The van der Waals surface area contributed by atoms with Gasteiger partial charge >= 0.3 is 6.18 Å². The fourth-order valence-electron chi connectivity index (χ4n) is 4.15. The van der Waals surface area contributed by atoms with Crippen molar-refractivity contribution in [2.75, 3.05) is 26.8 Å². The quantitative estimate of drug-likeness (QED) is 0.284. The van der Waals surface area contributed by atoms with Crippen molar-refractivity contribution in [3.63, 3.8) is 0 Å². The standard InChI is InChI=1S/C29H32F3N3O/c1-5-21(18-34-6-2)23-8-7-9-24(15-23)28-16-27(29(30,31)32)26(19-35-28)25(17-33-4)14-20(3)22-10-12-36-13-11-22/h5,7-9,14-19,22H,3,6,10-13H2,1-2,4H3/b21-5+,25-14+,33-17-,34-18-. The SMILES string of the molecule is C=C(/C=C(\C=N/C)c1cnc(-c2cccc(C(/C=N\CC)=C/C)c2)cc1C(F)(F)F)C1CCOCC1. The molecule has 4 nitrogen and oxygen atoms in total. The Morgan fingerprint density at radius 3 is 2.56 bits per heavy atom. The Hall–Kier alpha value is -3.32. The number of benzene rings is 1. The number of rotatable bonds is 8. The lowest BCUT2D eigenvalue weighted by atomic mass is 9.89. The number of nitrogens with zero attached hydrogens (tertiary/aromatic N) is 3. The van der Waals surface area contributed by atoms with E-state index in [1.807, 2.05) is 38.1 Å². The average Bonchev–Trinajstić information content (AvgIpc) is 2.88. The zero-order chi connectivity index (χ0) is 26.1. The lowest BCUT2D eigenvalue weighted by Gasteiger charge is -2.23. The van der Waals surface area contributed by atoms with Crippen molar-refractivity contribution >= 4 is 23.6 Å². The molecular formula is C29H32F3N3O. The van der Waals surface area contributed by atoms with Crippen LogP contribution in [0.4, 0.5) is 13.2 Å². The number of allylic oxidation sites excluding steroid dienone is 5. The molecule has 7 heteroatoms. The molecular weight excluding hydrogens is 463 g/mol. The van der Waals surface area contributed by atoms with Gasteiger partial charge in [-0.05, 0) is 62.0 Å². The average molecular weight is 496 g/mol. The molecule has 0 atom stereocenters. The largest absolute Gasteiger partial charge is 0.417 e. The van der Waals surface area contributed by atoms with Gasteiger partial charge in [0.25, 0.3) is 0 Å². The van der Waals surface area contributed by atoms with Crippen molar-refractivity contribution in [3.05, 3.63) is 77.5 Å². The van der Waals surface area contributed by atoms with E-state index in [4.69, 9.17) is 4.74 Å². The van der Waals surface area contributed by atoms with Crippen LogP contribution in [0.3, 0.4) is 0 Å². The highest BCUT2D eigenvalue weighted by Crippen LogP contribution is 2.37. The van der Waals surface area contributed by atoms with Gasteiger partial charge in [-0.3, -0.25) is 15.0 Å². The van der Waals surface area contributed by atoms with Crippen molar-refractivity contribution in [2.24, 2.45) is 15.9 Å². The second-order valence-electron chi connectivity index (χ2n) is 8.51. The minimum atomic E-state index is -4.58. The zero-order valence-corrected chi connectivity index (χ0v) is 21.0. The maximum atomic E-state index is 14.3. The topological polar surface area (TPSA) is 46.8 Å². The fourth-order valence-corrected chi connectivity index (χ4v) is 4.15. The maximum absolute atomic E-state index is 14.3. The summed E-state index contributed by atoms with van der Waals surface area (Å²) in [7, 11) is 1.53. The molecule has 0 aliphatic carbocycles. The number of aliphatic imine (C=N–C) groups is 2. The lowest BCUT2D eigenvalue weighted by molar-refractivity contribution is -0.137. The summed E-state index contributed by atoms with van der Waals surface area (Å²) < 4.78 is 48.2. The van der Waals surface area contributed by atoms with Crippen LogP contribution in [0, 0.1) is 5.92 Å². The number of hydrogen-bond acceptors (Lipinski definition) is 4. The summed E-state index contributed by atoms with van der Waals surface area (Å²) >= 11 is 0. The van der Waals surface area contributed by atoms with E-state index in [1.165, 1.54) is 19.5 Å². The third-order valence-corrected chi connectivity index (χ3v) is 6.09. The van der Waals surface area contributed by atoms with Crippen LogP contribution in [0.1, 0.15) is 43.4 Å². The number of pyridine rings is 1. The number of alkyl halides is 3. The Morgan fingerprint density at radius 1 is 1.17 bits per heavy atom. The summed E-state index contributed by atoms with van der Waals surface area (Å²) in [6.45, 7) is 9.86. The Morgan fingerprint density at radius 2 is 1.92 bits per heavy atom. The number of aromatic nitrogens is 1. The molecule has 0 saturated carbocycles. The molecule has 1 saturated heterocycles. The van der Waals surface area contributed by atoms with Gasteiger partial charge in [0.15, 0.2) is 0 Å². The smallest absolute Gasteiger partial charge is 0.381 e. The van der Waals surface area contributed by atoms with Gasteiger partial charge in [0.2, 0.25) is 0 Å². The highest BCUT2D eigenvalue weighted by molar-refractivity contribution is 6.11. The van der Waals surface area contributed by atoms with Crippen molar-refractivity contribution in [1.82, 2.24) is 4.98 Å². The van der Waals surface area contributed by atoms with Crippen molar-refractivity contribution in [1.29, 1.82) is 0 Å². The predicted molar refractivity (Wildman–Crippen MR) is 142 cm³/mol. The Balaban J connectivity index is 2.06. The van der Waals surface area contributed by atoms with E-state index in [9.17, 15) is 13.2 Å². The molecule has 36 heavy (non-hydrogen) atoms. The fraction of sp³-hybridized carbons (Fsp3) is 0.345. The molecule has 190 valence electrons. The summed E-state index contributed by atoms with van der Waals surface area (Å²) in [5, 5.41) is 0. The molecule has 0 amide bonds. The van der Waals surface area contributed by atoms with Gasteiger partial charge in [0.1, 0.15) is 0 Å². The van der Waals surface area contributed by atoms with E-state index < -0.39 is 11.7 Å². The van der Waals surface area contributed by atoms with Crippen LogP contribution in [0.25, 0.3) is 22.4 Å². The summed E-state index contributed by atoms with van der Waals surface area (Å²) in [4.78, 5) is 12.7. The normalized spacial score (nSPS) is 16.3. The zero-order valence-electron chi connectivity index (χ0n) is 21.0. The van der Waals surface area contributed by atoms with E-state index in [1.54, 1.807) is 18.4 Å². The Kier molecular flexibility index (Phi) is 9.53. The van der Waals surface area contributed by atoms with Crippen LogP contribution in [0.2, 0.25) is 0 Å². The molecule has 0 unspecified atom stereocenters. The second-order valence-corrected chi connectivity index (χ2v) is 8.51. The third kappa shape index (κ3) is 6.88.